The molecule has 0 aliphatic carbocycles. The first kappa shape index (κ1) is 16.8. The van der Waals surface area contributed by atoms with Crippen LogP contribution in [0.2, 0.25) is 0 Å². The Balaban J connectivity index is 1.74. The van der Waals surface area contributed by atoms with Gasteiger partial charge in [0.25, 0.3) is 5.91 Å². The van der Waals surface area contributed by atoms with Gasteiger partial charge in [0.2, 0.25) is 0 Å². The summed E-state index contributed by atoms with van der Waals surface area (Å²) in [7, 11) is 0. The van der Waals surface area contributed by atoms with Gasteiger partial charge in [-0.15, -0.1) is 5.10 Å². The van der Waals surface area contributed by atoms with E-state index in [2.05, 4.69) is 15.6 Å². The van der Waals surface area contributed by atoms with E-state index in [1.165, 1.54) is 6.07 Å². The zero-order valence-electron chi connectivity index (χ0n) is 14.4. The summed E-state index contributed by atoms with van der Waals surface area (Å²) >= 11 is 0. The van der Waals surface area contributed by atoms with Gasteiger partial charge in [0, 0.05) is 6.54 Å². The molecule has 0 fully saturated rings. The first-order valence-corrected chi connectivity index (χ1v) is 7.98. The maximum Gasteiger partial charge on any atom is 0.274 e. The van der Waals surface area contributed by atoms with Crippen molar-refractivity contribution in [3.05, 3.63) is 76.4 Å². The van der Waals surface area contributed by atoms with E-state index in [1.807, 2.05) is 31.2 Å². The lowest BCUT2D eigenvalue weighted by Gasteiger charge is -2.06. The van der Waals surface area contributed by atoms with Crippen LogP contribution >= 0.6 is 0 Å². The minimum atomic E-state index is -0.308. The molecule has 0 spiro atoms. The zero-order valence-corrected chi connectivity index (χ0v) is 14.4. The molecular formula is C19H19FN4O. The lowest BCUT2D eigenvalue weighted by molar-refractivity contribution is 0.0945. The van der Waals surface area contributed by atoms with Crippen LogP contribution in [0, 0.1) is 26.6 Å². The molecule has 5 nitrogen and oxygen atoms in total. The number of nitrogens with zero attached hydrogens (tertiary/aromatic N) is 3. The Hall–Kier alpha value is -3.02. The van der Waals surface area contributed by atoms with Crippen LogP contribution in [-0.4, -0.2) is 20.9 Å². The Labute approximate surface area is 145 Å². The van der Waals surface area contributed by atoms with E-state index >= 15 is 0 Å². The van der Waals surface area contributed by atoms with Gasteiger partial charge in [-0.1, -0.05) is 35.0 Å². The van der Waals surface area contributed by atoms with E-state index < -0.39 is 0 Å². The Kier molecular flexibility index (Phi) is 4.61. The third-order valence-electron chi connectivity index (χ3n) is 4.06. The van der Waals surface area contributed by atoms with Gasteiger partial charge in [0.05, 0.1) is 11.4 Å². The highest BCUT2D eigenvalue weighted by Crippen LogP contribution is 2.14. The maximum absolute atomic E-state index is 13.3. The molecular weight excluding hydrogens is 319 g/mol. The number of hydrogen-bond acceptors (Lipinski definition) is 3. The number of halogens is 1. The molecule has 0 unspecified atom stereocenters. The molecule has 0 bridgehead atoms. The van der Waals surface area contributed by atoms with Crippen molar-refractivity contribution in [3.8, 4) is 5.69 Å². The Bertz CT molecular complexity index is 916. The average molecular weight is 338 g/mol. The monoisotopic (exact) mass is 338 g/mol. The number of rotatable bonds is 4. The molecule has 1 amide bonds. The van der Waals surface area contributed by atoms with E-state index in [-0.39, 0.29) is 17.4 Å². The first-order chi connectivity index (χ1) is 12.0. The molecule has 3 aromatic rings. The minimum absolute atomic E-state index is 0.257. The highest BCUT2D eigenvalue weighted by molar-refractivity contribution is 5.93. The second-order valence-corrected chi connectivity index (χ2v) is 6.04. The number of benzene rings is 2. The van der Waals surface area contributed by atoms with Gasteiger partial charge in [0.15, 0.2) is 5.69 Å². The smallest absolute Gasteiger partial charge is 0.274 e. The third-order valence-corrected chi connectivity index (χ3v) is 4.06. The molecule has 2 aromatic carbocycles. The van der Waals surface area contributed by atoms with Crippen molar-refractivity contribution in [2.75, 3.05) is 0 Å². The fourth-order valence-corrected chi connectivity index (χ4v) is 2.55. The van der Waals surface area contributed by atoms with E-state index in [4.69, 9.17) is 0 Å². The number of carbonyl (C=O) groups is 1. The van der Waals surface area contributed by atoms with Gasteiger partial charge < -0.3 is 5.32 Å². The molecule has 0 aliphatic rings. The Morgan fingerprint density at radius 3 is 2.52 bits per heavy atom. The van der Waals surface area contributed by atoms with Crippen molar-refractivity contribution in [2.24, 2.45) is 0 Å². The van der Waals surface area contributed by atoms with Crippen molar-refractivity contribution in [2.45, 2.75) is 27.3 Å². The molecule has 3 rings (SSSR count). The van der Waals surface area contributed by atoms with Gasteiger partial charge >= 0.3 is 0 Å². The molecule has 0 aliphatic heterocycles. The topological polar surface area (TPSA) is 59.8 Å². The maximum atomic E-state index is 13.3. The van der Waals surface area contributed by atoms with E-state index in [1.54, 1.807) is 30.7 Å². The molecule has 1 heterocycles. The van der Waals surface area contributed by atoms with Gasteiger partial charge in [-0.3, -0.25) is 4.79 Å². The quantitative estimate of drug-likeness (QED) is 0.794. The molecule has 1 N–H and O–H groups in total. The molecule has 0 saturated heterocycles. The lowest BCUT2D eigenvalue weighted by Crippen LogP contribution is -2.24. The molecule has 128 valence electrons. The fraction of sp³-hybridized carbons (Fsp3) is 0.211. The van der Waals surface area contributed by atoms with Crippen LogP contribution in [0.3, 0.4) is 0 Å². The highest BCUT2D eigenvalue weighted by atomic mass is 19.1. The van der Waals surface area contributed by atoms with Gasteiger partial charge in [0.1, 0.15) is 5.82 Å². The third kappa shape index (κ3) is 3.57. The number of carbonyl (C=O) groups excluding carboxylic acids is 1. The molecule has 0 saturated carbocycles. The lowest BCUT2D eigenvalue weighted by atomic mass is 10.1. The summed E-state index contributed by atoms with van der Waals surface area (Å²) in [5, 5.41) is 10.9. The normalized spacial score (nSPS) is 10.7. The largest absolute Gasteiger partial charge is 0.347 e. The number of hydrogen-bond donors (Lipinski definition) is 1. The number of nitrogens with one attached hydrogen (secondary N) is 1. The summed E-state index contributed by atoms with van der Waals surface area (Å²) in [4.78, 5) is 12.4. The molecule has 1 aromatic heterocycles. The summed E-state index contributed by atoms with van der Waals surface area (Å²) < 4.78 is 14.9. The average Bonchev–Trinajstić information content (AvgIpc) is 2.98. The Morgan fingerprint density at radius 1 is 1.12 bits per heavy atom. The van der Waals surface area contributed by atoms with Gasteiger partial charge in [-0.2, -0.15) is 0 Å². The van der Waals surface area contributed by atoms with Crippen LogP contribution in [0.15, 0.2) is 42.5 Å². The SMILES string of the molecule is Cc1ccc(-n2nnc(C(=O)NCc3ccc(F)c(C)c3)c2C)cc1. The van der Waals surface area contributed by atoms with Crippen molar-refractivity contribution >= 4 is 5.91 Å². The molecule has 0 radical (unpaired) electrons. The van der Waals surface area contributed by atoms with E-state index in [9.17, 15) is 9.18 Å². The van der Waals surface area contributed by atoms with Crippen molar-refractivity contribution < 1.29 is 9.18 Å². The number of aryl methyl sites for hydroxylation is 2. The number of aromatic nitrogens is 3. The summed E-state index contributed by atoms with van der Waals surface area (Å²) in [6.07, 6.45) is 0. The van der Waals surface area contributed by atoms with Crippen LogP contribution in [0.5, 0.6) is 0 Å². The summed E-state index contributed by atoms with van der Waals surface area (Å²) in [5.74, 6) is -0.565. The van der Waals surface area contributed by atoms with E-state index in [0.717, 1.165) is 16.8 Å². The molecule has 0 atom stereocenters. The van der Waals surface area contributed by atoms with Crippen molar-refractivity contribution in [3.63, 3.8) is 0 Å². The predicted octanol–water partition coefficient (Wildman–Crippen LogP) is 3.26. The second-order valence-electron chi connectivity index (χ2n) is 6.04. The second kappa shape index (κ2) is 6.84. The summed E-state index contributed by atoms with van der Waals surface area (Å²) in [6.45, 7) is 5.81. The number of amides is 1. The van der Waals surface area contributed by atoms with Crippen LogP contribution in [0.25, 0.3) is 5.69 Å². The van der Waals surface area contributed by atoms with Crippen LogP contribution in [-0.2, 0) is 6.54 Å². The minimum Gasteiger partial charge on any atom is -0.347 e. The van der Waals surface area contributed by atoms with E-state index in [0.29, 0.717) is 17.8 Å². The van der Waals surface area contributed by atoms with Crippen LogP contribution < -0.4 is 5.32 Å². The van der Waals surface area contributed by atoms with Crippen LogP contribution in [0.1, 0.15) is 32.9 Å². The van der Waals surface area contributed by atoms with Crippen LogP contribution in [0.4, 0.5) is 4.39 Å². The van der Waals surface area contributed by atoms with Gasteiger partial charge in [-0.25, -0.2) is 9.07 Å². The standard InChI is InChI=1S/C19H19FN4O/c1-12-4-7-16(8-5-12)24-14(3)18(22-23-24)19(25)21-11-15-6-9-17(20)13(2)10-15/h4-10H,11H2,1-3H3,(H,21,25). The molecule has 25 heavy (non-hydrogen) atoms. The zero-order chi connectivity index (χ0) is 18.0. The summed E-state index contributed by atoms with van der Waals surface area (Å²) in [5.41, 5.74) is 4.32. The summed E-state index contributed by atoms with van der Waals surface area (Å²) in [6, 6.07) is 12.6. The first-order valence-electron chi connectivity index (χ1n) is 7.98. The van der Waals surface area contributed by atoms with Gasteiger partial charge in [-0.05, 0) is 50.1 Å². The fourth-order valence-electron chi connectivity index (χ4n) is 2.55. The van der Waals surface area contributed by atoms with Crippen molar-refractivity contribution in [1.82, 2.24) is 20.3 Å². The Morgan fingerprint density at radius 2 is 1.84 bits per heavy atom. The predicted molar refractivity (Wildman–Crippen MR) is 93.1 cm³/mol. The highest BCUT2D eigenvalue weighted by Gasteiger charge is 2.17. The molecule has 6 heteroatoms. The van der Waals surface area contributed by atoms with Crippen molar-refractivity contribution in [1.29, 1.82) is 0 Å².